The third-order valence-electron chi connectivity index (χ3n) is 5.05. The van der Waals surface area contributed by atoms with E-state index >= 15 is 0 Å². The zero-order chi connectivity index (χ0) is 20.5. The van der Waals surface area contributed by atoms with Crippen molar-refractivity contribution in [1.29, 1.82) is 0 Å². The average molecular weight is 397 g/mol. The molecular weight excluding hydrogens is 378 g/mol. The number of rotatable bonds is 4. The monoisotopic (exact) mass is 397 g/mol. The smallest absolute Gasteiger partial charge is 0.252 e. The van der Waals surface area contributed by atoms with Gasteiger partial charge in [-0.05, 0) is 55.0 Å². The first-order valence-electron chi connectivity index (χ1n) is 9.66. The van der Waals surface area contributed by atoms with Gasteiger partial charge in [-0.3, -0.25) is 9.78 Å². The van der Waals surface area contributed by atoms with Crippen molar-refractivity contribution in [3.63, 3.8) is 0 Å². The fourth-order valence-electron chi connectivity index (χ4n) is 3.51. The van der Waals surface area contributed by atoms with E-state index < -0.39 is 0 Å². The van der Waals surface area contributed by atoms with Crippen molar-refractivity contribution < 1.29 is 14.3 Å². The lowest BCUT2D eigenvalue weighted by Crippen LogP contribution is -2.23. The zero-order valence-corrected chi connectivity index (χ0v) is 16.4. The summed E-state index contributed by atoms with van der Waals surface area (Å²) in [5.74, 6) is 1.24. The molecule has 6 heteroatoms. The van der Waals surface area contributed by atoms with Gasteiger partial charge in [0.1, 0.15) is 0 Å². The first-order chi connectivity index (χ1) is 14.7. The van der Waals surface area contributed by atoms with E-state index in [-0.39, 0.29) is 12.7 Å². The number of fused-ring (bicyclic) bond motifs is 2. The van der Waals surface area contributed by atoms with Crippen LogP contribution in [0.25, 0.3) is 22.2 Å². The Hall–Kier alpha value is -3.93. The molecule has 1 amide bonds. The van der Waals surface area contributed by atoms with Crippen molar-refractivity contribution in [1.82, 2.24) is 15.3 Å². The molecular formula is C24H19N3O3. The second-order valence-corrected chi connectivity index (χ2v) is 7.19. The second kappa shape index (κ2) is 7.48. The van der Waals surface area contributed by atoms with Crippen LogP contribution in [-0.2, 0) is 6.54 Å². The van der Waals surface area contributed by atoms with Gasteiger partial charge in [-0.25, -0.2) is 4.98 Å². The molecule has 148 valence electrons. The molecule has 1 aliphatic heterocycles. The summed E-state index contributed by atoms with van der Waals surface area (Å²) >= 11 is 0. The highest BCUT2D eigenvalue weighted by Gasteiger charge is 2.17. The molecule has 2 aromatic carbocycles. The van der Waals surface area contributed by atoms with Crippen LogP contribution in [0, 0.1) is 6.92 Å². The summed E-state index contributed by atoms with van der Waals surface area (Å²) in [5.41, 5.74) is 4.93. The number of aromatic nitrogens is 2. The third-order valence-corrected chi connectivity index (χ3v) is 5.05. The maximum atomic E-state index is 13.1. The molecule has 0 spiro atoms. The predicted molar refractivity (Wildman–Crippen MR) is 113 cm³/mol. The van der Waals surface area contributed by atoms with Gasteiger partial charge in [0.25, 0.3) is 5.91 Å². The summed E-state index contributed by atoms with van der Waals surface area (Å²) in [7, 11) is 0. The molecule has 0 atom stereocenters. The van der Waals surface area contributed by atoms with Crippen molar-refractivity contribution in [2.75, 3.05) is 6.79 Å². The highest BCUT2D eigenvalue weighted by molar-refractivity contribution is 6.07. The average Bonchev–Trinajstić information content (AvgIpc) is 3.25. The van der Waals surface area contributed by atoms with Gasteiger partial charge in [0, 0.05) is 29.9 Å². The molecule has 0 fully saturated rings. The Bertz CT molecular complexity index is 1260. The van der Waals surface area contributed by atoms with Gasteiger partial charge in [0.15, 0.2) is 11.5 Å². The van der Waals surface area contributed by atoms with Crippen LogP contribution >= 0.6 is 0 Å². The molecule has 5 rings (SSSR count). The number of amides is 1. The summed E-state index contributed by atoms with van der Waals surface area (Å²) in [6.07, 6.45) is 3.45. The molecule has 6 nitrogen and oxygen atoms in total. The molecule has 0 bridgehead atoms. The van der Waals surface area contributed by atoms with Crippen LogP contribution in [0.15, 0.2) is 67.0 Å². The van der Waals surface area contributed by atoms with E-state index in [1.807, 2.05) is 61.5 Å². The predicted octanol–water partition coefficient (Wildman–Crippen LogP) is 4.26. The number of carbonyl (C=O) groups is 1. The standard InChI is InChI=1S/C24H19N3O3/c1-15-4-6-20-18(9-15)19(24(28)26-13-16-3-2-8-25-12-16)11-21(27-20)17-5-7-22-23(10-17)30-14-29-22/h2-12H,13-14H2,1H3,(H,26,28). The van der Waals surface area contributed by atoms with Gasteiger partial charge in [-0.15, -0.1) is 0 Å². The van der Waals surface area contributed by atoms with E-state index in [0.29, 0.717) is 29.3 Å². The lowest BCUT2D eigenvalue weighted by molar-refractivity contribution is 0.0952. The number of hydrogen-bond acceptors (Lipinski definition) is 5. The van der Waals surface area contributed by atoms with E-state index in [0.717, 1.165) is 27.6 Å². The molecule has 0 aliphatic carbocycles. The second-order valence-electron chi connectivity index (χ2n) is 7.19. The minimum atomic E-state index is -0.154. The summed E-state index contributed by atoms with van der Waals surface area (Å²) < 4.78 is 10.9. The molecule has 1 N–H and O–H groups in total. The topological polar surface area (TPSA) is 73.3 Å². The Labute approximate surface area is 173 Å². The van der Waals surface area contributed by atoms with Gasteiger partial charge >= 0.3 is 0 Å². The van der Waals surface area contributed by atoms with E-state index in [4.69, 9.17) is 14.5 Å². The summed E-state index contributed by atoms with van der Waals surface area (Å²) in [6, 6.07) is 17.2. The fourth-order valence-corrected chi connectivity index (χ4v) is 3.51. The SMILES string of the molecule is Cc1ccc2nc(-c3ccc4c(c3)OCO4)cc(C(=O)NCc3cccnc3)c2c1. The lowest BCUT2D eigenvalue weighted by Gasteiger charge is -2.12. The number of nitrogens with zero attached hydrogens (tertiary/aromatic N) is 2. The molecule has 0 unspecified atom stereocenters. The Morgan fingerprint density at radius 3 is 2.83 bits per heavy atom. The maximum Gasteiger partial charge on any atom is 0.252 e. The highest BCUT2D eigenvalue weighted by atomic mass is 16.7. The molecule has 3 heterocycles. The van der Waals surface area contributed by atoms with Crippen LogP contribution in [0.4, 0.5) is 0 Å². The van der Waals surface area contributed by atoms with Gasteiger partial charge in [0.05, 0.1) is 16.8 Å². The third kappa shape index (κ3) is 3.43. The van der Waals surface area contributed by atoms with Gasteiger partial charge in [-0.1, -0.05) is 17.7 Å². The quantitative estimate of drug-likeness (QED) is 0.557. The largest absolute Gasteiger partial charge is 0.454 e. The fraction of sp³-hybridized carbons (Fsp3) is 0.125. The van der Waals surface area contributed by atoms with Crippen molar-refractivity contribution in [2.45, 2.75) is 13.5 Å². The van der Waals surface area contributed by atoms with Crippen LogP contribution in [0.5, 0.6) is 11.5 Å². The molecule has 1 aliphatic rings. The number of ether oxygens (including phenoxy) is 2. The molecule has 2 aromatic heterocycles. The van der Waals surface area contributed by atoms with Crippen LogP contribution in [0.2, 0.25) is 0 Å². The molecule has 0 saturated heterocycles. The van der Waals surface area contributed by atoms with Crippen LogP contribution < -0.4 is 14.8 Å². The molecule has 30 heavy (non-hydrogen) atoms. The minimum Gasteiger partial charge on any atom is -0.454 e. The summed E-state index contributed by atoms with van der Waals surface area (Å²) in [4.78, 5) is 22.0. The minimum absolute atomic E-state index is 0.154. The number of hydrogen-bond donors (Lipinski definition) is 1. The normalized spacial score (nSPS) is 12.2. The van der Waals surface area contributed by atoms with Gasteiger partial charge in [0.2, 0.25) is 6.79 Å². The first-order valence-corrected chi connectivity index (χ1v) is 9.66. The number of pyridine rings is 2. The number of aryl methyl sites for hydroxylation is 1. The van der Waals surface area contributed by atoms with Crippen molar-refractivity contribution in [2.24, 2.45) is 0 Å². The van der Waals surface area contributed by atoms with Crippen LogP contribution in [0.3, 0.4) is 0 Å². The molecule has 0 saturated carbocycles. The Balaban J connectivity index is 1.55. The molecule has 4 aromatic rings. The lowest BCUT2D eigenvalue weighted by atomic mass is 10.0. The summed E-state index contributed by atoms with van der Waals surface area (Å²) in [6.45, 7) is 2.62. The van der Waals surface area contributed by atoms with E-state index in [1.165, 1.54) is 0 Å². The number of nitrogens with one attached hydrogen (secondary N) is 1. The highest BCUT2D eigenvalue weighted by Crippen LogP contribution is 2.36. The Morgan fingerprint density at radius 1 is 1.07 bits per heavy atom. The Morgan fingerprint density at radius 2 is 1.97 bits per heavy atom. The van der Waals surface area contributed by atoms with Crippen molar-refractivity contribution in [3.05, 3.63) is 83.7 Å². The number of benzene rings is 2. The van der Waals surface area contributed by atoms with E-state index in [9.17, 15) is 4.79 Å². The van der Waals surface area contributed by atoms with Crippen LogP contribution in [-0.4, -0.2) is 22.7 Å². The van der Waals surface area contributed by atoms with Crippen molar-refractivity contribution in [3.8, 4) is 22.8 Å². The first kappa shape index (κ1) is 18.1. The molecule has 0 radical (unpaired) electrons. The Kier molecular flexibility index (Phi) is 4.52. The number of carbonyl (C=O) groups excluding carboxylic acids is 1. The van der Waals surface area contributed by atoms with Gasteiger partial charge in [-0.2, -0.15) is 0 Å². The van der Waals surface area contributed by atoms with Crippen molar-refractivity contribution >= 4 is 16.8 Å². The van der Waals surface area contributed by atoms with Crippen LogP contribution in [0.1, 0.15) is 21.5 Å². The van der Waals surface area contributed by atoms with Gasteiger partial charge < -0.3 is 14.8 Å². The van der Waals surface area contributed by atoms with E-state index in [1.54, 1.807) is 12.4 Å². The maximum absolute atomic E-state index is 13.1. The summed E-state index contributed by atoms with van der Waals surface area (Å²) in [5, 5.41) is 3.82. The van der Waals surface area contributed by atoms with E-state index in [2.05, 4.69) is 10.3 Å². The zero-order valence-electron chi connectivity index (χ0n) is 16.4.